The largest absolute Gasteiger partial charge is 0.494 e. The minimum Gasteiger partial charge on any atom is -0.494 e. The van der Waals surface area contributed by atoms with Gasteiger partial charge in [0.2, 0.25) is 0 Å². The summed E-state index contributed by atoms with van der Waals surface area (Å²) in [7, 11) is 0. The van der Waals surface area contributed by atoms with Crippen LogP contribution in [-0.4, -0.2) is 18.7 Å². The predicted molar refractivity (Wildman–Crippen MR) is 145 cm³/mol. The van der Waals surface area contributed by atoms with Crippen molar-refractivity contribution in [2.45, 2.75) is 110 Å². The number of rotatable bonds is 19. The first-order valence-electron chi connectivity index (χ1n) is 13.8. The molecule has 4 nitrogen and oxygen atoms in total. The highest BCUT2D eigenvalue weighted by Gasteiger charge is 2.10. The first kappa shape index (κ1) is 28.7. The fourth-order valence-corrected chi connectivity index (χ4v) is 4.02. The number of unbranched alkanes of at least 4 members (excludes halogenated alkanes) is 10. The monoisotopic (exact) mass is 482 g/mol. The summed E-state index contributed by atoms with van der Waals surface area (Å²) < 4.78 is 17.3. The van der Waals surface area contributed by atoms with E-state index in [4.69, 9.17) is 14.2 Å². The fourth-order valence-electron chi connectivity index (χ4n) is 4.02. The molecule has 4 heteroatoms. The number of ether oxygens (including phenoxy) is 3. The Bertz CT molecular complexity index is 798. The lowest BCUT2D eigenvalue weighted by Crippen LogP contribution is -2.12. The maximum atomic E-state index is 12.5. The Morgan fingerprint density at radius 1 is 0.657 bits per heavy atom. The molecule has 1 atom stereocenters. The molecule has 0 aliphatic heterocycles. The van der Waals surface area contributed by atoms with Crippen molar-refractivity contribution in [1.82, 2.24) is 0 Å². The van der Waals surface area contributed by atoms with Crippen molar-refractivity contribution >= 4 is 5.97 Å². The van der Waals surface area contributed by atoms with E-state index < -0.39 is 0 Å². The maximum absolute atomic E-state index is 12.5. The highest BCUT2D eigenvalue weighted by molar-refractivity contribution is 5.91. The molecule has 35 heavy (non-hydrogen) atoms. The molecule has 0 aliphatic carbocycles. The van der Waals surface area contributed by atoms with Crippen LogP contribution >= 0.6 is 0 Å². The molecule has 194 valence electrons. The van der Waals surface area contributed by atoms with E-state index in [1.807, 2.05) is 24.3 Å². The Balaban J connectivity index is 1.66. The van der Waals surface area contributed by atoms with Gasteiger partial charge >= 0.3 is 5.97 Å². The maximum Gasteiger partial charge on any atom is 0.343 e. The Labute approximate surface area is 213 Å². The molecule has 0 aliphatic rings. The number of benzene rings is 2. The quantitative estimate of drug-likeness (QED) is 0.114. The zero-order chi connectivity index (χ0) is 25.1. The van der Waals surface area contributed by atoms with Gasteiger partial charge in [-0.1, -0.05) is 78.1 Å². The van der Waals surface area contributed by atoms with E-state index in [2.05, 4.69) is 20.8 Å². The number of carbonyl (C=O) groups excluding carboxylic acids is 1. The molecule has 1 unspecified atom stereocenters. The van der Waals surface area contributed by atoms with Crippen LogP contribution < -0.4 is 14.2 Å². The summed E-state index contributed by atoms with van der Waals surface area (Å²) in [4.78, 5) is 12.5. The van der Waals surface area contributed by atoms with Gasteiger partial charge in [0.15, 0.2) is 0 Å². The standard InChI is InChI=1S/C31H46O4/c1-4-6-8-10-11-12-13-15-25-33-28-21-23-30(24-22-28)35-31(32)27-17-19-29(20-18-27)34-26(3)16-14-9-7-5-2/h17-24,26H,4-16,25H2,1-3H3. The van der Waals surface area contributed by atoms with Crippen molar-refractivity contribution in [3.05, 3.63) is 54.1 Å². The van der Waals surface area contributed by atoms with Crippen LogP contribution in [0, 0.1) is 0 Å². The van der Waals surface area contributed by atoms with Gasteiger partial charge in [0.1, 0.15) is 17.2 Å². The average molecular weight is 483 g/mol. The van der Waals surface area contributed by atoms with Crippen molar-refractivity contribution in [1.29, 1.82) is 0 Å². The van der Waals surface area contributed by atoms with Crippen LogP contribution in [0.3, 0.4) is 0 Å². The molecule has 2 rings (SSSR count). The average Bonchev–Trinajstić information content (AvgIpc) is 2.87. The first-order valence-corrected chi connectivity index (χ1v) is 13.8. The van der Waals surface area contributed by atoms with Gasteiger partial charge in [-0.25, -0.2) is 4.79 Å². The summed E-state index contributed by atoms with van der Waals surface area (Å²) in [5, 5.41) is 0. The summed E-state index contributed by atoms with van der Waals surface area (Å²) in [6, 6.07) is 14.4. The predicted octanol–water partition coefficient (Wildman–Crippen LogP) is 9.16. The molecule has 0 N–H and O–H groups in total. The molecule has 0 spiro atoms. The third kappa shape index (κ3) is 12.7. The second-order valence-electron chi connectivity index (χ2n) is 9.49. The van der Waals surface area contributed by atoms with Gasteiger partial charge in [0, 0.05) is 0 Å². The SMILES string of the molecule is CCCCCCCCCCOc1ccc(OC(=O)c2ccc(OC(C)CCCCCC)cc2)cc1. The number of hydrogen-bond donors (Lipinski definition) is 0. The van der Waals surface area contributed by atoms with Gasteiger partial charge in [-0.3, -0.25) is 0 Å². The van der Waals surface area contributed by atoms with Crippen molar-refractivity contribution in [3.63, 3.8) is 0 Å². The van der Waals surface area contributed by atoms with E-state index in [0.29, 0.717) is 11.3 Å². The first-order chi connectivity index (χ1) is 17.1. The lowest BCUT2D eigenvalue weighted by molar-refractivity contribution is 0.0734. The Hall–Kier alpha value is -2.49. The minimum absolute atomic E-state index is 0.168. The summed E-state index contributed by atoms with van der Waals surface area (Å²) in [5.41, 5.74) is 0.503. The van der Waals surface area contributed by atoms with E-state index in [0.717, 1.165) is 30.9 Å². The van der Waals surface area contributed by atoms with Gasteiger partial charge in [-0.2, -0.15) is 0 Å². The molecule has 0 heterocycles. The highest BCUT2D eigenvalue weighted by Crippen LogP contribution is 2.21. The second kappa shape index (κ2) is 17.9. The Morgan fingerprint density at radius 2 is 1.17 bits per heavy atom. The summed E-state index contributed by atoms with van der Waals surface area (Å²) >= 11 is 0. The molecule has 0 amide bonds. The van der Waals surface area contributed by atoms with E-state index >= 15 is 0 Å². The van der Waals surface area contributed by atoms with Crippen LogP contribution in [0.1, 0.15) is 115 Å². The van der Waals surface area contributed by atoms with Crippen LogP contribution in [0.2, 0.25) is 0 Å². The Morgan fingerprint density at radius 3 is 1.80 bits per heavy atom. The van der Waals surface area contributed by atoms with Crippen LogP contribution in [-0.2, 0) is 0 Å². The number of esters is 1. The normalized spacial score (nSPS) is 11.7. The van der Waals surface area contributed by atoms with Gasteiger partial charge in [0.05, 0.1) is 18.3 Å². The third-order valence-corrected chi connectivity index (χ3v) is 6.19. The molecule has 0 aromatic heterocycles. The number of carbonyl (C=O) groups is 1. The van der Waals surface area contributed by atoms with Crippen molar-refractivity contribution in [2.24, 2.45) is 0 Å². The molecule has 2 aromatic carbocycles. The molecular weight excluding hydrogens is 436 g/mol. The van der Waals surface area contributed by atoms with Crippen molar-refractivity contribution < 1.29 is 19.0 Å². The number of hydrogen-bond acceptors (Lipinski definition) is 4. The van der Waals surface area contributed by atoms with E-state index in [1.165, 1.54) is 70.6 Å². The highest BCUT2D eigenvalue weighted by atomic mass is 16.5. The Kier molecular flexibility index (Phi) is 14.7. The third-order valence-electron chi connectivity index (χ3n) is 6.19. The van der Waals surface area contributed by atoms with Crippen LogP contribution in [0.15, 0.2) is 48.5 Å². The molecule has 0 saturated carbocycles. The topological polar surface area (TPSA) is 44.8 Å². The van der Waals surface area contributed by atoms with E-state index in [-0.39, 0.29) is 12.1 Å². The molecule has 0 bridgehead atoms. The molecular formula is C31H46O4. The van der Waals surface area contributed by atoms with Gasteiger partial charge in [-0.15, -0.1) is 0 Å². The van der Waals surface area contributed by atoms with Gasteiger partial charge in [0.25, 0.3) is 0 Å². The van der Waals surface area contributed by atoms with E-state index in [1.54, 1.807) is 24.3 Å². The van der Waals surface area contributed by atoms with Crippen molar-refractivity contribution in [3.8, 4) is 17.2 Å². The summed E-state index contributed by atoms with van der Waals surface area (Å²) in [6.07, 6.45) is 16.4. The van der Waals surface area contributed by atoms with Crippen molar-refractivity contribution in [2.75, 3.05) is 6.61 Å². The zero-order valence-corrected chi connectivity index (χ0v) is 22.2. The molecule has 0 saturated heterocycles. The molecule has 0 radical (unpaired) electrons. The second-order valence-corrected chi connectivity index (χ2v) is 9.49. The zero-order valence-electron chi connectivity index (χ0n) is 22.2. The minimum atomic E-state index is -0.378. The van der Waals surface area contributed by atoms with Gasteiger partial charge < -0.3 is 14.2 Å². The van der Waals surface area contributed by atoms with Crippen LogP contribution in [0.5, 0.6) is 17.2 Å². The molecule has 2 aromatic rings. The van der Waals surface area contributed by atoms with Gasteiger partial charge in [-0.05, 0) is 74.7 Å². The molecule has 0 fully saturated rings. The lowest BCUT2D eigenvalue weighted by Gasteiger charge is -2.14. The fraction of sp³-hybridized carbons (Fsp3) is 0.581. The van der Waals surface area contributed by atoms with E-state index in [9.17, 15) is 4.79 Å². The smallest absolute Gasteiger partial charge is 0.343 e. The van der Waals surface area contributed by atoms with Crippen LogP contribution in [0.25, 0.3) is 0 Å². The summed E-state index contributed by atoms with van der Waals surface area (Å²) in [5.74, 6) is 1.72. The summed E-state index contributed by atoms with van der Waals surface area (Å²) in [6.45, 7) is 7.28. The lowest BCUT2D eigenvalue weighted by atomic mass is 10.1. The van der Waals surface area contributed by atoms with Crippen LogP contribution in [0.4, 0.5) is 0 Å².